The van der Waals surface area contributed by atoms with Gasteiger partial charge in [-0.25, -0.2) is 0 Å². The second-order valence-corrected chi connectivity index (χ2v) is 4.18. The zero-order valence-electron chi connectivity index (χ0n) is 9.19. The zero-order valence-corrected chi connectivity index (χ0v) is 9.19. The van der Waals surface area contributed by atoms with Gasteiger partial charge < -0.3 is 4.74 Å². The van der Waals surface area contributed by atoms with Crippen molar-refractivity contribution in [1.29, 1.82) is 0 Å². The number of nitro groups is 1. The standard InChI is InChI=1S/C10H17NO4/c1-8(11(13)14)10(15-9(2)12)6-4-3-5-7-10/h8H,3-7H2,1-2H3. The van der Waals surface area contributed by atoms with Gasteiger partial charge >= 0.3 is 5.97 Å². The van der Waals surface area contributed by atoms with Crippen LogP contribution < -0.4 is 0 Å². The molecule has 1 atom stereocenters. The Balaban J connectivity index is 2.83. The smallest absolute Gasteiger partial charge is 0.303 e. The molecule has 1 saturated carbocycles. The molecule has 1 rings (SSSR count). The molecule has 0 spiro atoms. The van der Waals surface area contributed by atoms with Crippen LogP contribution in [0.4, 0.5) is 0 Å². The van der Waals surface area contributed by atoms with E-state index in [1.165, 1.54) is 13.8 Å². The van der Waals surface area contributed by atoms with Gasteiger partial charge in [0.15, 0.2) is 5.60 Å². The molecule has 0 aromatic rings. The summed E-state index contributed by atoms with van der Waals surface area (Å²) in [6.45, 7) is 2.83. The van der Waals surface area contributed by atoms with E-state index >= 15 is 0 Å². The molecule has 0 amide bonds. The molecule has 0 heterocycles. The minimum Gasteiger partial charge on any atom is -0.452 e. The van der Waals surface area contributed by atoms with Crippen molar-refractivity contribution in [1.82, 2.24) is 0 Å². The van der Waals surface area contributed by atoms with Crippen molar-refractivity contribution in [2.45, 2.75) is 57.6 Å². The highest BCUT2D eigenvalue weighted by molar-refractivity contribution is 5.66. The monoisotopic (exact) mass is 215 g/mol. The summed E-state index contributed by atoms with van der Waals surface area (Å²) >= 11 is 0. The molecule has 0 aromatic heterocycles. The highest BCUT2D eigenvalue weighted by Crippen LogP contribution is 2.35. The fourth-order valence-corrected chi connectivity index (χ4v) is 2.23. The van der Waals surface area contributed by atoms with Crippen LogP contribution in [-0.2, 0) is 9.53 Å². The predicted octanol–water partition coefficient (Wildman–Crippen LogP) is 1.92. The van der Waals surface area contributed by atoms with Crippen LogP contribution in [0.15, 0.2) is 0 Å². The lowest BCUT2D eigenvalue weighted by atomic mass is 9.80. The molecule has 1 aliphatic rings. The number of rotatable bonds is 3. The second-order valence-electron chi connectivity index (χ2n) is 4.18. The van der Waals surface area contributed by atoms with E-state index in [-0.39, 0.29) is 4.92 Å². The normalized spacial score (nSPS) is 21.7. The molecular weight excluding hydrogens is 198 g/mol. The largest absolute Gasteiger partial charge is 0.452 e. The zero-order chi connectivity index (χ0) is 11.5. The quantitative estimate of drug-likeness (QED) is 0.409. The fraction of sp³-hybridized carbons (Fsp3) is 0.900. The summed E-state index contributed by atoms with van der Waals surface area (Å²) in [6, 6.07) is -0.818. The molecule has 0 radical (unpaired) electrons. The Morgan fingerprint density at radius 3 is 2.33 bits per heavy atom. The van der Waals surface area contributed by atoms with Crippen LogP contribution in [0.3, 0.4) is 0 Å². The highest BCUT2D eigenvalue weighted by Gasteiger charge is 2.47. The van der Waals surface area contributed by atoms with E-state index in [0.717, 1.165) is 19.3 Å². The van der Waals surface area contributed by atoms with Gasteiger partial charge in [0, 0.05) is 18.8 Å². The number of nitrogens with zero attached hydrogens (tertiary/aromatic N) is 1. The molecule has 0 aliphatic heterocycles. The summed E-state index contributed by atoms with van der Waals surface area (Å²) in [5, 5.41) is 10.8. The van der Waals surface area contributed by atoms with E-state index in [2.05, 4.69) is 0 Å². The average Bonchev–Trinajstić information content (AvgIpc) is 2.16. The van der Waals surface area contributed by atoms with Crippen molar-refractivity contribution in [2.24, 2.45) is 0 Å². The Hall–Kier alpha value is -1.13. The topological polar surface area (TPSA) is 69.4 Å². The van der Waals surface area contributed by atoms with Gasteiger partial charge in [-0.05, 0) is 25.7 Å². The van der Waals surface area contributed by atoms with Crippen LogP contribution in [-0.4, -0.2) is 22.5 Å². The molecule has 0 N–H and O–H groups in total. The van der Waals surface area contributed by atoms with Gasteiger partial charge in [0.2, 0.25) is 6.04 Å². The highest BCUT2D eigenvalue weighted by atomic mass is 16.6. The third-order valence-corrected chi connectivity index (χ3v) is 3.12. The Labute approximate surface area is 88.9 Å². The SMILES string of the molecule is CC(=O)OC1(C(C)[N+](=O)[O-])CCCCC1. The van der Waals surface area contributed by atoms with E-state index in [1.807, 2.05) is 0 Å². The Kier molecular flexibility index (Phi) is 3.66. The van der Waals surface area contributed by atoms with Crippen LogP contribution in [0.5, 0.6) is 0 Å². The summed E-state index contributed by atoms with van der Waals surface area (Å²) in [4.78, 5) is 21.4. The fourth-order valence-electron chi connectivity index (χ4n) is 2.23. The predicted molar refractivity (Wildman–Crippen MR) is 54.0 cm³/mol. The third kappa shape index (κ3) is 2.67. The Morgan fingerprint density at radius 2 is 1.93 bits per heavy atom. The number of hydrogen-bond acceptors (Lipinski definition) is 4. The molecule has 0 aromatic carbocycles. The molecule has 0 bridgehead atoms. The van der Waals surface area contributed by atoms with Crippen LogP contribution in [0, 0.1) is 10.1 Å². The van der Waals surface area contributed by atoms with E-state index in [0.29, 0.717) is 12.8 Å². The van der Waals surface area contributed by atoms with Crippen LogP contribution in [0.1, 0.15) is 46.0 Å². The maximum absolute atomic E-state index is 11.0. The number of carbonyl (C=O) groups is 1. The lowest BCUT2D eigenvalue weighted by Gasteiger charge is -2.36. The van der Waals surface area contributed by atoms with Gasteiger partial charge in [0.1, 0.15) is 0 Å². The van der Waals surface area contributed by atoms with Crippen molar-refractivity contribution in [3.8, 4) is 0 Å². The third-order valence-electron chi connectivity index (χ3n) is 3.12. The molecule has 1 fully saturated rings. The summed E-state index contributed by atoms with van der Waals surface area (Å²) in [6.07, 6.45) is 4.06. The second kappa shape index (κ2) is 4.59. The molecule has 1 aliphatic carbocycles. The van der Waals surface area contributed by atoms with E-state index in [9.17, 15) is 14.9 Å². The number of carbonyl (C=O) groups excluding carboxylic acids is 1. The van der Waals surface area contributed by atoms with Crippen molar-refractivity contribution >= 4 is 5.97 Å². The summed E-state index contributed by atoms with van der Waals surface area (Å²) < 4.78 is 5.22. The number of ether oxygens (including phenoxy) is 1. The van der Waals surface area contributed by atoms with E-state index < -0.39 is 17.6 Å². The van der Waals surface area contributed by atoms with Crippen molar-refractivity contribution in [3.63, 3.8) is 0 Å². The first kappa shape index (κ1) is 11.9. The van der Waals surface area contributed by atoms with Crippen molar-refractivity contribution in [2.75, 3.05) is 0 Å². The maximum atomic E-state index is 11.0. The lowest BCUT2D eigenvalue weighted by molar-refractivity contribution is -0.542. The molecule has 15 heavy (non-hydrogen) atoms. The Morgan fingerprint density at radius 1 is 1.40 bits per heavy atom. The maximum Gasteiger partial charge on any atom is 0.303 e. The van der Waals surface area contributed by atoms with Gasteiger partial charge in [-0.15, -0.1) is 0 Å². The van der Waals surface area contributed by atoms with Gasteiger partial charge in [-0.2, -0.15) is 0 Å². The molecular formula is C10H17NO4. The minimum absolute atomic E-state index is 0.353. The van der Waals surface area contributed by atoms with Gasteiger partial charge in [-0.1, -0.05) is 6.42 Å². The minimum atomic E-state index is -0.867. The number of hydrogen-bond donors (Lipinski definition) is 0. The first-order chi connectivity index (χ1) is 6.98. The van der Waals surface area contributed by atoms with E-state index in [1.54, 1.807) is 0 Å². The molecule has 5 nitrogen and oxygen atoms in total. The molecule has 1 unspecified atom stereocenters. The van der Waals surface area contributed by atoms with Gasteiger partial charge in [-0.3, -0.25) is 14.9 Å². The van der Waals surface area contributed by atoms with Crippen LogP contribution >= 0.6 is 0 Å². The van der Waals surface area contributed by atoms with Crippen molar-refractivity contribution < 1.29 is 14.5 Å². The average molecular weight is 215 g/mol. The van der Waals surface area contributed by atoms with Gasteiger partial charge in [0.05, 0.1) is 0 Å². The van der Waals surface area contributed by atoms with Crippen LogP contribution in [0.2, 0.25) is 0 Å². The van der Waals surface area contributed by atoms with E-state index in [4.69, 9.17) is 4.74 Å². The summed E-state index contributed by atoms with van der Waals surface area (Å²) in [7, 11) is 0. The summed E-state index contributed by atoms with van der Waals surface area (Å²) in [5.74, 6) is -0.425. The molecule has 5 heteroatoms. The lowest BCUT2D eigenvalue weighted by Crippen LogP contribution is -2.49. The summed E-state index contributed by atoms with van der Waals surface area (Å²) in [5.41, 5.74) is -0.867. The molecule has 86 valence electrons. The number of esters is 1. The van der Waals surface area contributed by atoms with Crippen LogP contribution in [0.25, 0.3) is 0 Å². The molecule has 0 saturated heterocycles. The first-order valence-electron chi connectivity index (χ1n) is 5.31. The van der Waals surface area contributed by atoms with Gasteiger partial charge in [0.25, 0.3) is 0 Å². The first-order valence-corrected chi connectivity index (χ1v) is 5.31. The van der Waals surface area contributed by atoms with Crippen molar-refractivity contribution in [3.05, 3.63) is 10.1 Å². The Bertz CT molecular complexity index is 258.